The molecule has 0 bridgehead atoms. The van der Waals surface area contributed by atoms with Gasteiger partial charge in [-0.1, -0.05) is 18.2 Å². The first-order chi connectivity index (χ1) is 13.9. The number of rotatable bonds is 8. The van der Waals surface area contributed by atoms with E-state index in [1.54, 1.807) is 32.4 Å². The first kappa shape index (κ1) is 20.7. The van der Waals surface area contributed by atoms with Gasteiger partial charge in [0.15, 0.2) is 0 Å². The van der Waals surface area contributed by atoms with E-state index in [9.17, 15) is 4.79 Å². The maximum absolute atomic E-state index is 12.5. The number of carbonyl (C=O) groups is 1. The van der Waals surface area contributed by atoms with E-state index in [1.807, 2.05) is 32.0 Å². The monoisotopic (exact) mass is 396 g/mol. The van der Waals surface area contributed by atoms with Crippen LogP contribution < -0.4 is 20.1 Å². The van der Waals surface area contributed by atoms with Gasteiger partial charge in [-0.05, 0) is 44.5 Å². The largest absolute Gasteiger partial charge is 0.497 e. The van der Waals surface area contributed by atoms with E-state index in [0.29, 0.717) is 23.6 Å². The number of nitrogens with one attached hydrogen (secondary N) is 2. The minimum atomic E-state index is -0.0954. The van der Waals surface area contributed by atoms with Crippen molar-refractivity contribution in [3.63, 3.8) is 0 Å². The van der Waals surface area contributed by atoms with Crippen molar-refractivity contribution in [2.45, 2.75) is 39.3 Å². The summed E-state index contributed by atoms with van der Waals surface area (Å²) in [5, 5.41) is 7.48. The van der Waals surface area contributed by atoms with Gasteiger partial charge in [0.05, 0.1) is 25.9 Å². The Morgan fingerprint density at radius 2 is 1.86 bits per heavy atom. The van der Waals surface area contributed by atoms with E-state index >= 15 is 0 Å². The molecule has 0 spiro atoms. The molecule has 3 aromatic rings. The normalized spacial score (nSPS) is 13.1. The van der Waals surface area contributed by atoms with Crippen LogP contribution in [0.15, 0.2) is 46.9 Å². The molecule has 0 aliphatic heterocycles. The Morgan fingerprint density at radius 1 is 1.10 bits per heavy atom. The molecule has 0 radical (unpaired) electrons. The number of aryl methyl sites for hydroxylation is 1. The summed E-state index contributed by atoms with van der Waals surface area (Å²) in [5.74, 6) is 2.03. The number of amides is 1. The summed E-state index contributed by atoms with van der Waals surface area (Å²) in [6, 6.07) is 13.2. The van der Waals surface area contributed by atoms with Crippen molar-refractivity contribution in [1.29, 1.82) is 0 Å². The number of fused-ring (bicyclic) bond motifs is 1. The summed E-state index contributed by atoms with van der Waals surface area (Å²) in [7, 11) is 3.15. The lowest BCUT2D eigenvalue weighted by atomic mass is 10.1. The third-order valence-corrected chi connectivity index (χ3v) is 4.98. The molecule has 3 rings (SSSR count). The molecule has 0 aliphatic rings. The Morgan fingerprint density at radius 3 is 2.55 bits per heavy atom. The molecule has 1 aromatic heterocycles. The quantitative estimate of drug-likeness (QED) is 0.571. The smallest absolute Gasteiger partial charge is 0.226 e. The van der Waals surface area contributed by atoms with Gasteiger partial charge in [-0.15, -0.1) is 0 Å². The molecule has 0 fully saturated rings. The van der Waals surface area contributed by atoms with Crippen molar-refractivity contribution in [2.75, 3.05) is 19.5 Å². The van der Waals surface area contributed by atoms with Gasteiger partial charge in [-0.3, -0.25) is 4.79 Å². The predicted molar refractivity (Wildman–Crippen MR) is 115 cm³/mol. The van der Waals surface area contributed by atoms with Crippen molar-refractivity contribution in [2.24, 2.45) is 0 Å². The van der Waals surface area contributed by atoms with Gasteiger partial charge in [0.1, 0.15) is 22.8 Å². The average molecular weight is 396 g/mol. The van der Waals surface area contributed by atoms with Crippen LogP contribution in [0.2, 0.25) is 0 Å². The Kier molecular flexibility index (Phi) is 6.44. The number of furan rings is 1. The number of para-hydroxylation sites is 1. The lowest BCUT2D eigenvalue weighted by Crippen LogP contribution is -2.32. The molecule has 2 aromatic carbocycles. The van der Waals surface area contributed by atoms with Crippen LogP contribution in [0.1, 0.15) is 37.6 Å². The first-order valence-corrected chi connectivity index (χ1v) is 9.69. The fraction of sp³-hybridized carbons (Fsp3) is 0.348. The second-order valence-electron chi connectivity index (χ2n) is 7.20. The lowest BCUT2D eigenvalue weighted by Gasteiger charge is -2.19. The summed E-state index contributed by atoms with van der Waals surface area (Å²) in [4.78, 5) is 12.5. The van der Waals surface area contributed by atoms with Crippen molar-refractivity contribution in [3.8, 4) is 11.5 Å². The van der Waals surface area contributed by atoms with E-state index in [4.69, 9.17) is 13.9 Å². The van der Waals surface area contributed by atoms with Crippen LogP contribution in [-0.4, -0.2) is 26.2 Å². The molecule has 2 unspecified atom stereocenters. The molecule has 2 atom stereocenters. The van der Waals surface area contributed by atoms with Gasteiger partial charge >= 0.3 is 0 Å². The SMILES string of the molecule is COc1ccc(NC(=O)CC(C)NC(C)c2oc3ccccc3c2C)c(OC)c1. The highest BCUT2D eigenvalue weighted by molar-refractivity contribution is 5.92. The molecule has 0 saturated carbocycles. The molecule has 0 aliphatic carbocycles. The summed E-state index contributed by atoms with van der Waals surface area (Å²) in [5.41, 5.74) is 2.62. The molecule has 1 amide bonds. The zero-order chi connectivity index (χ0) is 21.0. The Balaban J connectivity index is 1.62. The third kappa shape index (κ3) is 4.71. The van der Waals surface area contributed by atoms with E-state index in [0.717, 1.165) is 22.3 Å². The predicted octanol–water partition coefficient (Wildman–Crippen LogP) is 4.83. The minimum Gasteiger partial charge on any atom is -0.497 e. The summed E-state index contributed by atoms with van der Waals surface area (Å²) in [6.07, 6.45) is 0.318. The lowest BCUT2D eigenvalue weighted by molar-refractivity contribution is -0.116. The van der Waals surface area contributed by atoms with Gasteiger partial charge in [0, 0.05) is 23.9 Å². The number of hydrogen-bond donors (Lipinski definition) is 2. The van der Waals surface area contributed by atoms with E-state index in [2.05, 4.69) is 23.6 Å². The van der Waals surface area contributed by atoms with Crippen molar-refractivity contribution >= 4 is 22.6 Å². The second-order valence-corrected chi connectivity index (χ2v) is 7.20. The maximum Gasteiger partial charge on any atom is 0.226 e. The van der Waals surface area contributed by atoms with Gasteiger partial charge < -0.3 is 24.5 Å². The molecule has 0 saturated heterocycles. The summed E-state index contributed by atoms with van der Waals surface area (Å²) >= 11 is 0. The van der Waals surface area contributed by atoms with E-state index in [1.165, 1.54) is 0 Å². The van der Waals surface area contributed by atoms with Gasteiger partial charge in [-0.25, -0.2) is 0 Å². The molecule has 2 N–H and O–H groups in total. The van der Waals surface area contributed by atoms with E-state index < -0.39 is 0 Å². The van der Waals surface area contributed by atoms with Crippen molar-refractivity contribution in [3.05, 3.63) is 53.8 Å². The van der Waals surface area contributed by atoms with Crippen molar-refractivity contribution in [1.82, 2.24) is 5.32 Å². The first-order valence-electron chi connectivity index (χ1n) is 9.69. The van der Waals surface area contributed by atoms with Crippen LogP contribution in [0.5, 0.6) is 11.5 Å². The molecule has 29 heavy (non-hydrogen) atoms. The molecular weight excluding hydrogens is 368 g/mol. The molecular formula is C23H28N2O4. The number of anilines is 1. The average Bonchev–Trinajstić information content (AvgIpc) is 3.05. The number of carbonyl (C=O) groups excluding carboxylic acids is 1. The topological polar surface area (TPSA) is 72.7 Å². The zero-order valence-corrected chi connectivity index (χ0v) is 17.5. The van der Waals surface area contributed by atoms with Crippen LogP contribution >= 0.6 is 0 Å². The second kappa shape index (κ2) is 9.01. The van der Waals surface area contributed by atoms with Crippen molar-refractivity contribution < 1.29 is 18.7 Å². The highest BCUT2D eigenvalue weighted by Crippen LogP contribution is 2.30. The number of methoxy groups -OCH3 is 2. The zero-order valence-electron chi connectivity index (χ0n) is 17.5. The molecule has 6 heteroatoms. The van der Waals surface area contributed by atoms with Gasteiger partial charge in [0.25, 0.3) is 0 Å². The Hall–Kier alpha value is -2.99. The standard InChI is InChI=1S/C23H28N2O4/c1-14(12-22(26)25-19-11-10-17(27-4)13-21(19)28-5)24-16(3)23-15(2)18-8-6-7-9-20(18)29-23/h6-11,13-14,16,24H,12H2,1-5H3,(H,25,26). The summed E-state index contributed by atoms with van der Waals surface area (Å²) < 4.78 is 16.5. The third-order valence-electron chi connectivity index (χ3n) is 4.98. The molecule has 1 heterocycles. The summed E-state index contributed by atoms with van der Waals surface area (Å²) in [6.45, 7) is 6.09. The molecule has 154 valence electrons. The maximum atomic E-state index is 12.5. The van der Waals surface area contributed by atoms with Gasteiger partial charge in [0.2, 0.25) is 5.91 Å². The highest BCUT2D eigenvalue weighted by atomic mass is 16.5. The van der Waals surface area contributed by atoms with Gasteiger partial charge in [-0.2, -0.15) is 0 Å². The van der Waals surface area contributed by atoms with Crippen LogP contribution in [0.25, 0.3) is 11.0 Å². The number of ether oxygens (including phenoxy) is 2. The molecule has 6 nitrogen and oxygen atoms in total. The Bertz CT molecular complexity index is 996. The number of hydrogen-bond acceptors (Lipinski definition) is 5. The fourth-order valence-electron chi connectivity index (χ4n) is 3.55. The highest BCUT2D eigenvalue weighted by Gasteiger charge is 2.19. The van der Waals surface area contributed by atoms with Crippen LogP contribution in [-0.2, 0) is 4.79 Å². The van der Waals surface area contributed by atoms with Crippen LogP contribution in [0, 0.1) is 6.92 Å². The van der Waals surface area contributed by atoms with Crippen LogP contribution in [0.4, 0.5) is 5.69 Å². The van der Waals surface area contributed by atoms with Crippen LogP contribution in [0.3, 0.4) is 0 Å². The minimum absolute atomic E-state index is 0.0132. The van der Waals surface area contributed by atoms with E-state index in [-0.39, 0.29) is 18.0 Å². The Labute approximate surface area is 171 Å². The fourth-order valence-corrected chi connectivity index (χ4v) is 3.55. The number of benzene rings is 2.